The number of carbonyl (C=O) groups excluding carboxylic acids is 2. The van der Waals surface area contributed by atoms with E-state index in [2.05, 4.69) is 4.99 Å². The van der Waals surface area contributed by atoms with E-state index in [1.54, 1.807) is 0 Å². The van der Waals surface area contributed by atoms with Gasteiger partial charge in [-0.3, -0.25) is 29.8 Å². The molecule has 0 atom stereocenters. The number of rotatable bonds is 5. The Morgan fingerprint density at radius 2 is 1.88 bits per heavy atom. The third kappa shape index (κ3) is 3.67. The molecule has 0 fully saturated rings. The van der Waals surface area contributed by atoms with Gasteiger partial charge in [0.1, 0.15) is 12.1 Å². The van der Waals surface area contributed by atoms with Crippen LogP contribution < -0.4 is 10.5 Å². The minimum atomic E-state index is -0.961. The Morgan fingerprint density at radius 1 is 1.21 bits per heavy atom. The zero-order valence-electron chi connectivity index (χ0n) is 11.8. The van der Waals surface area contributed by atoms with E-state index in [1.807, 2.05) is 0 Å². The van der Waals surface area contributed by atoms with Crippen LogP contribution in [0.25, 0.3) is 0 Å². The lowest BCUT2D eigenvalue weighted by Crippen LogP contribution is -2.25. The zero-order valence-corrected chi connectivity index (χ0v) is 12.6. The van der Waals surface area contributed by atoms with Crippen molar-refractivity contribution in [2.45, 2.75) is 6.54 Å². The molecule has 12 heteroatoms. The SMILES string of the molecule is NC(=O)Cn1cc([N+](=O)[O-])s/c1=N\C(=O)c1ccccc1[N+](=O)[O-]. The first-order valence-corrected chi connectivity index (χ1v) is 7.06. The van der Waals surface area contributed by atoms with Crippen molar-refractivity contribution in [2.24, 2.45) is 10.7 Å². The average molecular weight is 351 g/mol. The molecule has 24 heavy (non-hydrogen) atoms. The van der Waals surface area contributed by atoms with Gasteiger partial charge < -0.3 is 10.3 Å². The highest BCUT2D eigenvalue weighted by molar-refractivity contribution is 7.12. The Morgan fingerprint density at radius 3 is 2.46 bits per heavy atom. The predicted molar refractivity (Wildman–Crippen MR) is 81.1 cm³/mol. The van der Waals surface area contributed by atoms with Crippen molar-refractivity contribution in [3.8, 4) is 0 Å². The van der Waals surface area contributed by atoms with Gasteiger partial charge in [-0.25, -0.2) is 0 Å². The van der Waals surface area contributed by atoms with Crippen LogP contribution in [0.5, 0.6) is 0 Å². The standard InChI is InChI=1S/C12H9N5O6S/c13-9(18)5-15-6-10(17(22)23)24-12(15)14-11(19)7-3-1-2-4-8(7)16(20)21/h1-4,6H,5H2,(H2,13,18)/b14-12-. The first-order valence-electron chi connectivity index (χ1n) is 6.25. The van der Waals surface area contributed by atoms with E-state index >= 15 is 0 Å². The smallest absolute Gasteiger partial charge is 0.343 e. The van der Waals surface area contributed by atoms with Crippen molar-refractivity contribution in [1.82, 2.24) is 4.57 Å². The molecule has 2 amide bonds. The highest BCUT2D eigenvalue weighted by Gasteiger charge is 2.20. The Bertz CT molecular complexity index is 915. The average Bonchev–Trinajstić information content (AvgIpc) is 2.89. The van der Waals surface area contributed by atoms with Crippen LogP contribution >= 0.6 is 11.3 Å². The number of primary amides is 1. The topological polar surface area (TPSA) is 164 Å². The third-order valence-electron chi connectivity index (χ3n) is 2.74. The normalized spacial score (nSPS) is 11.2. The van der Waals surface area contributed by atoms with Crippen LogP contribution in [0.1, 0.15) is 10.4 Å². The van der Waals surface area contributed by atoms with Gasteiger partial charge in [-0.2, -0.15) is 4.99 Å². The molecule has 0 saturated carbocycles. The third-order valence-corrected chi connectivity index (χ3v) is 3.71. The van der Waals surface area contributed by atoms with Gasteiger partial charge in [-0.1, -0.05) is 12.1 Å². The van der Waals surface area contributed by atoms with Crippen LogP contribution in [0.4, 0.5) is 10.7 Å². The summed E-state index contributed by atoms with van der Waals surface area (Å²) in [5.74, 6) is -1.75. The lowest BCUT2D eigenvalue weighted by molar-refractivity contribution is -0.385. The number of para-hydroxylation sites is 1. The molecule has 0 radical (unpaired) electrons. The molecule has 0 saturated heterocycles. The van der Waals surface area contributed by atoms with Gasteiger partial charge in [0.05, 0.1) is 16.0 Å². The molecule has 1 heterocycles. The van der Waals surface area contributed by atoms with E-state index in [1.165, 1.54) is 18.2 Å². The van der Waals surface area contributed by atoms with Gasteiger partial charge in [-0.15, -0.1) is 0 Å². The highest BCUT2D eigenvalue weighted by atomic mass is 32.1. The number of amides is 2. The number of nitro groups is 2. The maximum atomic E-state index is 12.2. The second-order valence-corrected chi connectivity index (χ2v) is 5.38. The van der Waals surface area contributed by atoms with Crippen molar-refractivity contribution in [2.75, 3.05) is 0 Å². The summed E-state index contributed by atoms with van der Waals surface area (Å²) in [5, 5.41) is 21.4. The summed E-state index contributed by atoms with van der Waals surface area (Å²) in [4.78, 5) is 47.0. The van der Waals surface area contributed by atoms with Crippen molar-refractivity contribution >= 4 is 33.8 Å². The van der Waals surface area contributed by atoms with E-state index in [4.69, 9.17) is 5.73 Å². The first kappa shape index (κ1) is 17.0. The molecule has 1 aromatic carbocycles. The molecule has 2 aromatic rings. The van der Waals surface area contributed by atoms with E-state index in [9.17, 15) is 29.8 Å². The van der Waals surface area contributed by atoms with E-state index in [0.29, 0.717) is 11.3 Å². The monoisotopic (exact) mass is 351 g/mol. The zero-order chi connectivity index (χ0) is 17.9. The van der Waals surface area contributed by atoms with Gasteiger partial charge in [-0.05, 0) is 17.4 Å². The molecule has 0 aliphatic carbocycles. The van der Waals surface area contributed by atoms with E-state index < -0.39 is 33.9 Å². The summed E-state index contributed by atoms with van der Waals surface area (Å²) < 4.78 is 1.04. The number of carbonyl (C=O) groups is 2. The maximum Gasteiger partial charge on any atom is 0.343 e. The van der Waals surface area contributed by atoms with Crippen LogP contribution in [-0.4, -0.2) is 26.2 Å². The number of aromatic nitrogens is 1. The molecule has 0 aliphatic rings. The first-order chi connectivity index (χ1) is 11.3. The molecular formula is C12H9N5O6S. The second kappa shape index (κ2) is 6.78. The summed E-state index contributed by atoms with van der Waals surface area (Å²) >= 11 is 0.546. The fraction of sp³-hybridized carbons (Fsp3) is 0.0833. The van der Waals surface area contributed by atoms with Crippen LogP contribution in [0.15, 0.2) is 35.5 Å². The van der Waals surface area contributed by atoms with Crippen LogP contribution in [0, 0.1) is 20.2 Å². The van der Waals surface area contributed by atoms with Gasteiger partial charge >= 0.3 is 5.00 Å². The quantitative estimate of drug-likeness (QED) is 0.611. The van der Waals surface area contributed by atoms with Crippen LogP contribution in [-0.2, 0) is 11.3 Å². The summed E-state index contributed by atoms with van der Waals surface area (Å²) in [5.41, 5.74) is 4.32. The van der Waals surface area contributed by atoms with Crippen molar-refractivity contribution in [3.63, 3.8) is 0 Å². The molecule has 0 aliphatic heterocycles. The van der Waals surface area contributed by atoms with E-state index in [-0.39, 0.29) is 15.4 Å². The number of hydrogen-bond donors (Lipinski definition) is 1. The Kier molecular flexibility index (Phi) is 4.79. The fourth-order valence-corrected chi connectivity index (χ4v) is 2.59. The molecule has 2 N–H and O–H groups in total. The largest absolute Gasteiger partial charge is 0.368 e. The number of benzene rings is 1. The molecule has 1 aromatic heterocycles. The second-order valence-electron chi connectivity index (χ2n) is 4.39. The fourth-order valence-electron chi connectivity index (χ4n) is 1.78. The predicted octanol–water partition coefficient (Wildman–Crippen LogP) is 0.592. The number of hydrogen-bond acceptors (Lipinski definition) is 7. The summed E-state index contributed by atoms with van der Waals surface area (Å²) in [6, 6.07) is 5.16. The Balaban J connectivity index is 2.54. The van der Waals surface area contributed by atoms with Crippen molar-refractivity contribution < 1.29 is 19.4 Å². The number of nitrogens with zero attached hydrogens (tertiary/aromatic N) is 4. The number of nitro benzene ring substituents is 1. The van der Waals surface area contributed by atoms with Crippen molar-refractivity contribution in [3.05, 3.63) is 61.1 Å². The molecule has 0 unspecified atom stereocenters. The summed E-state index contributed by atoms with van der Waals surface area (Å²) in [7, 11) is 0. The van der Waals surface area contributed by atoms with Gasteiger partial charge in [0, 0.05) is 6.07 Å². The lowest BCUT2D eigenvalue weighted by Gasteiger charge is -1.99. The summed E-state index contributed by atoms with van der Waals surface area (Å²) in [6.45, 7) is -0.423. The van der Waals surface area contributed by atoms with Crippen LogP contribution in [0.2, 0.25) is 0 Å². The van der Waals surface area contributed by atoms with Crippen LogP contribution in [0.3, 0.4) is 0 Å². The molecule has 0 bridgehead atoms. The number of thiazole rings is 1. The van der Waals surface area contributed by atoms with E-state index in [0.717, 1.165) is 16.8 Å². The molecule has 11 nitrogen and oxygen atoms in total. The molecule has 124 valence electrons. The minimum absolute atomic E-state index is 0.163. The summed E-state index contributed by atoms with van der Waals surface area (Å²) in [6.07, 6.45) is 1.01. The highest BCUT2D eigenvalue weighted by Crippen LogP contribution is 2.19. The molecule has 0 spiro atoms. The minimum Gasteiger partial charge on any atom is -0.368 e. The Hall–Kier alpha value is -3.41. The number of nitrogens with two attached hydrogens (primary N) is 1. The lowest BCUT2D eigenvalue weighted by atomic mass is 10.2. The van der Waals surface area contributed by atoms with Gasteiger partial charge in [0.25, 0.3) is 11.6 Å². The Labute approximate surface area is 137 Å². The molecule has 2 rings (SSSR count). The maximum absolute atomic E-state index is 12.2. The molecular weight excluding hydrogens is 342 g/mol. The van der Waals surface area contributed by atoms with Crippen molar-refractivity contribution in [1.29, 1.82) is 0 Å². The van der Waals surface area contributed by atoms with Gasteiger partial charge in [0.2, 0.25) is 5.91 Å². The van der Waals surface area contributed by atoms with Gasteiger partial charge in [0.15, 0.2) is 4.80 Å².